The van der Waals surface area contributed by atoms with Crippen molar-refractivity contribution in [2.45, 2.75) is 38.5 Å². The lowest BCUT2D eigenvalue weighted by Gasteiger charge is -2.22. The number of rotatable bonds is 6. The van der Waals surface area contributed by atoms with Gasteiger partial charge >= 0.3 is 0 Å². The summed E-state index contributed by atoms with van der Waals surface area (Å²) in [6, 6.07) is 9.04. The standard InChI is InChI=1S/C13H20N2O2/c1-9(10(2)16)15-12(13(14)17)8-11-6-4-3-5-7-11/h3-7,9-10,12,15-16H,8H2,1-2H3,(H2,14,17)/t9-,10?,12-/m0/s1. The maximum Gasteiger partial charge on any atom is 0.234 e. The average molecular weight is 236 g/mol. The minimum atomic E-state index is -0.521. The highest BCUT2D eigenvalue weighted by Gasteiger charge is 2.20. The van der Waals surface area contributed by atoms with Gasteiger partial charge in [0.25, 0.3) is 0 Å². The predicted molar refractivity (Wildman–Crippen MR) is 67.4 cm³/mol. The van der Waals surface area contributed by atoms with Gasteiger partial charge in [-0.3, -0.25) is 4.79 Å². The van der Waals surface area contributed by atoms with Crippen LogP contribution in [0.15, 0.2) is 30.3 Å². The van der Waals surface area contributed by atoms with Crippen molar-refractivity contribution in [3.05, 3.63) is 35.9 Å². The van der Waals surface area contributed by atoms with Gasteiger partial charge in [-0.15, -0.1) is 0 Å². The van der Waals surface area contributed by atoms with Crippen LogP contribution >= 0.6 is 0 Å². The number of primary amides is 1. The molecule has 0 spiro atoms. The number of amides is 1. The molecule has 4 N–H and O–H groups in total. The van der Waals surface area contributed by atoms with Gasteiger partial charge in [0.2, 0.25) is 5.91 Å². The first kappa shape index (κ1) is 13.7. The van der Waals surface area contributed by atoms with Gasteiger partial charge in [-0.2, -0.15) is 0 Å². The van der Waals surface area contributed by atoms with Crippen LogP contribution in [0.5, 0.6) is 0 Å². The Morgan fingerprint density at radius 2 is 1.94 bits per heavy atom. The molecule has 1 rings (SSSR count). The number of carbonyl (C=O) groups is 1. The zero-order valence-corrected chi connectivity index (χ0v) is 10.3. The van der Waals surface area contributed by atoms with Crippen molar-refractivity contribution in [3.8, 4) is 0 Å². The molecular formula is C13H20N2O2. The second kappa shape index (κ2) is 6.37. The average Bonchev–Trinajstić information content (AvgIpc) is 2.29. The zero-order chi connectivity index (χ0) is 12.8. The third-order valence-electron chi connectivity index (χ3n) is 2.81. The summed E-state index contributed by atoms with van der Waals surface area (Å²) < 4.78 is 0. The highest BCUT2D eigenvalue weighted by atomic mass is 16.3. The monoisotopic (exact) mass is 236 g/mol. The van der Waals surface area contributed by atoms with E-state index in [1.165, 1.54) is 0 Å². The Bertz CT molecular complexity index is 352. The Labute approximate surface area is 102 Å². The lowest BCUT2D eigenvalue weighted by Crippen LogP contribution is -2.50. The molecule has 0 radical (unpaired) electrons. The number of carbonyl (C=O) groups excluding carboxylic acids is 1. The Kier molecular flexibility index (Phi) is 5.12. The summed E-state index contributed by atoms with van der Waals surface area (Å²) in [4.78, 5) is 11.3. The number of nitrogens with two attached hydrogens (primary N) is 1. The minimum Gasteiger partial charge on any atom is -0.392 e. The Hall–Kier alpha value is -1.39. The first-order valence-corrected chi connectivity index (χ1v) is 5.78. The van der Waals surface area contributed by atoms with Gasteiger partial charge in [-0.25, -0.2) is 0 Å². The molecule has 1 aromatic carbocycles. The summed E-state index contributed by atoms with van der Waals surface area (Å²) in [6.07, 6.45) is 0.0142. The van der Waals surface area contributed by atoms with Crippen LogP contribution < -0.4 is 11.1 Å². The molecule has 94 valence electrons. The van der Waals surface area contributed by atoms with Gasteiger partial charge in [0.05, 0.1) is 12.1 Å². The topological polar surface area (TPSA) is 75.3 Å². The largest absolute Gasteiger partial charge is 0.392 e. The highest BCUT2D eigenvalue weighted by Crippen LogP contribution is 2.04. The van der Waals surface area contributed by atoms with Crippen LogP contribution in [0.4, 0.5) is 0 Å². The van der Waals surface area contributed by atoms with Crippen LogP contribution in [0, 0.1) is 0 Å². The molecule has 0 fully saturated rings. The summed E-state index contributed by atoms with van der Waals surface area (Å²) in [7, 11) is 0. The molecule has 0 heterocycles. The molecule has 4 nitrogen and oxygen atoms in total. The van der Waals surface area contributed by atoms with Crippen molar-refractivity contribution < 1.29 is 9.90 Å². The number of aliphatic hydroxyl groups excluding tert-OH is 1. The molecule has 0 aromatic heterocycles. The maximum atomic E-state index is 11.3. The van der Waals surface area contributed by atoms with E-state index in [4.69, 9.17) is 5.73 Å². The fourth-order valence-corrected chi connectivity index (χ4v) is 1.55. The highest BCUT2D eigenvalue weighted by molar-refractivity contribution is 5.80. The quantitative estimate of drug-likeness (QED) is 0.671. The molecule has 17 heavy (non-hydrogen) atoms. The number of nitrogens with one attached hydrogen (secondary N) is 1. The Morgan fingerprint density at radius 3 is 2.41 bits per heavy atom. The van der Waals surface area contributed by atoms with E-state index in [1.807, 2.05) is 37.3 Å². The molecule has 0 saturated heterocycles. The molecule has 1 unspecified atom stereocenters. The fraction of sp³-hybridized carbons (Fsp3) is 0.462. The minimum absolute atomic E-state index is 0.170. The predicted octanol–water partition coefficient (Wildman–Crippen LogP) is 0.442. The van der Waals surface area contributed by atoms with Gasteiger partial charge in [-0.1, -0.05) is 30.3 Å². The van der Waals surface area contributed by atoms with Gasteiger partial charge in [-0.05, 0) is 25.8 Å². The van der Waals surface area contributed by atoms with Gasteiger partial charge in [0.1, 0.15) is 0 Å². The summed E-state index contributed by atoms with van der Waals surface area (Å²) in [6.45, 7) is 3.50. The molecule has 0 aliphatic heterocycles. The Balaban J connectivity index is 2.64. The van der Waals surface area contributed by atoms with Crippen LogP contribution in [0.1, 0.15) is 19.4 Å². The first-order chi connectivity index (χ1) is 8.00. The summed E-state index contributed by atoms with van der Waals surface area (Å²) in [5, 5.41) is 12.4. The van der Waals surface area contributed by atoms with Crippen molar-refractivity contribution in [2.75, 3.05) is 0 Å². The van der Waals surface area contributed by atoms with E-state index in [-0.39, 0.29) is 6.04 Å². The van der Waals surface area contributed by atoms with E-state index in [2.05, 4.69) is 5.32 Å². The van der Waals surface area contributed by atoms with Crippen molar-refractivity contribution in [3.63, 3.8) is 0 Å². The van der Waals surface area contributed by atoms with E-state index < -0.39 is 18.1 Å². The molecule has 0 aliphatic rings. The smallest absolute Gasteiger partial charge is 0.234 e. The number of hydrogen-bond acceptors (Lipinski definition) is 3. The number of benzene rings is 1. The first-order valence-electron chi connectivity index (χ1n) is 5.78. The van der Waals surface area contributed by atoms with E-state index in [1.54, 1.807) is 6.92 Å². The number of aliphatic hydroxyl groups is 1. The van der Waals surface area contributed by atoms with Crippen LogP contribution in [0.2, 0.25) is 0 Å². The van der Waals surface area contributed by atoms with Gasteiger partial charge in [0, 0.05) is 6.04 Å². The SMILES string of the molecule is CC(O)[C@H](C)N[C@@H](Cc1ccccc1)C(N)=O. The fourth-order valence-electron chi connectivity index (χ4n) is 1.55. The summed E-state index contributed by atoms with van der Waals surface area (Å²) in [5.74, 6) is -0.402. The molecule has 0 saturated carbocycles. The second-order valence-corrected chi connectivity index (χ2v) is 4.34. The summed E-state index contributed by atoms with van der Waals surface area (Å²) >= 11 is 0. The van der Waals surface area contributed by atoms with E-state index in [0.29, 0.717) is 6.42 Å². The number of hydrogen-bond donors (Lipinski definition) is 3. The van der Waals surface area contributed by atoms with Crippen LogP contribution in [-0.2, 0) is 11.2 Å². The van der Waals surface area contributed by atoms with Crippen molar-refractivity contribution >= 4 is 5.91 Å². The van der Waals surface area contributed by atoms with Crippen LogP contribution in [-0.4, -0.2) is 29.2 Å². The molecule has 1 amide bonds. The lowest BCUT2D eigenvalue weighted by atomic mass is 10.0. The molecule has 3 atom stereocenters. The van der Waals surface area contributed by atoms with E-state index >= 15 is 0 Å². The zero-order valence-electron chi connectivity index (χ0n) is 10.3. The van der Waals surface area contributed by atoms with E-state index in [9.17, 15) is 9.90 Å². The molecule has 4 heteroatoms. The van der Waals surface area contributed by atoms with E-state index in [0.717, 1.165) is 5.56 Å². The van der Waals surface area contributed by atoms with Crippen molar-refractivity contribution in [1.29, 1.82) is 0 Å². The molecule has 0 bridgehead atoms. The molecule has 1 aromatic rings. The second-order valence-electron chi connectivity index (χ2n) is 4.34. The maximum absolute atomic E-state index is 11.3. The van der Waals surface area contributed by atoms with Crippen molar-refractivity contribution in [2.24, 2.45) is 5.73 Å². The molecular weight excluding hydrogens is 216 g/mol. The normalized spacial score (nSPS) is 16.2. The lowest BCUT2D eigenvalue weighted by molar-refractivity contribution is -0.120. The molecule has 0 aliphatic carbocycles. The Morgan fingerprint density at radius 1 is 1.35 bits per heavy atom. The summed E-state index contributed by atoms with van der Waals surface area (Å²) in [5.41, 5.74) is 6.39. The van der Waals surface area contributed by atoms with Gasteiger partial charge in [0.15, 0.2) is 0 Å². The third-order valence-corrected chi connectivity index (χ3v) is 2.81. The van der Waals surface area contributed by atoms with Crippen LogP contribution in [0.3, 0.4) is 0 Å². The van der Waals surface area contributed by atoms with Crippen molar-refractivity contribution in [1.82, 2.24) is 5.32 Å². The van der Waals surface area contributed by atoms with Crippen LogP contribution in [0.25, 0.3) is 0 Å². The van der Waals surface area contributed by atoms with Gasteiger partial charge < -0.3 is 16.2 Å². The third kappa shape index (κ3) is 4.54.